The lowest BCUT2D eigenvalue weighted by molar-refractivity contribution is -0.130. The number of aromatic nitrogens is 2. The molecule has 0 spiro atoms. The van der Waals surface area contributed by atoms with Crippen LogP contribution in [-0.2, 0) is 29.0 Å². The summed E-state index contributed by atoms with van der Waals surface area (Å²) in [6.07, 6.45) is 1.41. The zero-order valence-corrected chi connectivity index (χ0v) is 35.6. The van der Waals surface area contributed by atoms with Crippen LogP contribution in [0.3, 0.4) is 0 Å². The molecule has 0 radical (unpaired) electrons. The van der Waals surface area contributed by atoms with Crippen LogP contribution < -0.4 is 16.1 Å². The van der Waals surface area contributed by atoms with Crippen LogP contribution >= 0.6 is 0 Å². The van der Waals surface area contributed by atoms with Gasteiger partial charge in [-0.15, -0.1) is 0 Å². The van der Waals surface area contributed by atoms with Gasteiger partial charge in [-0.05, 0) is 60.6 Å². The van der Waals surface area contributed by atoms with E-state index in [4.69, 9.17) is 4.74 Å². The van der Waals surface area contributed by atoms with E-state index in [1.54, 1.807) is 16.1 Å². The first-order chi connectivity index (χ1) is 28.9. The minimum absolute atomic E-state index is 0.00584. The van der Waals surface area contributed by atoms with E-state index in [2.05, 4.69) is 26.0 Å². The minimum Gasteiger partial charge on any atom is -0.452 e. The maximum Gasteiger partial charge on any atom is 0.417 e. The summed E-state index contributed by atoms with van der Waals surface area (Å²) >= 11 is 0. The molecule has 2 aromatic carbocycles. The van der Waals surface area contributed by atoms with Crippen LogP contribution in [0, 0.1) is 24.7 Å². The first-order valence-electron chi connectivity index (χ1n) is 20.8. The maximum atomic E-state index is 14.7. The fourth-order valence-corrected chi connectivity index (χ4v) is 7.45. The fraction of sp³-hybridized carbons (Fsp3) is 0.435. The number of aliphatic hydroxyl groups is 1. The number of benzene rings is 2. The van der Waals surface area contributed by atoms with E-state index in [0.29, 0.717) is 6.42 Å². The molecule has 1 fully saturated rings. The van der Waals surface area contributed by atoms with Gasteiger partial charge in [0, 0.05) is 43.6 Å². The molecule has 6 atom stereocenters. The van der Waals surface area contributed by atoms with Crippen LogP contribution in [0.25, 0.3) is 11.3 Å². The Kier molecular flexibility index (Phi) is 16.5. The largest absolute Gasteiger partial charge is 0.452 e. The summed E-state index contributed by atoms with van der Waals surface area (Å²) in [7, 11) is 1.23. The highest BCUT2D eigenvalue weighted by Crippen LogP contribution is 2.28. The van der Waals surface area contributed by atoms with Crippen LogP contribution in [-0.4, -0.2) is 98.9 Å². The van der Waals surface area contributed by atoms with Gasteiger partial charge in [0.25, 0.3) is 0 Å². The van der Waals surface area contributed by atoms with Crippen molar-refractivity contribution < 1.29 is 29.0 Å². The lowest BCUT2D eigenvalue weighted by Gasteiger charge is -2.36. The predicted molar refractivity (Wildman–Crippen MR) is 230 cm³/mol. The molecule has 14 heteroatoms. The highest BCUT2D eigenvalue weighted by molar-refractivity contribution is 5.90. The second-order valence-corrected chi connectivity index (χ2v) is 15.7. The van der Waals surface area contributed by atoms with Crippen molar-refractivity contribution in [3.05, 3.63) is 120 Å². The zero-order valence-electron chi connectivity index (χ0n) is 35.6. The number of aryl methyl sites for hydroxylation is 1. The molecule has 4 aromatic rings. The number of nitrogens with zero attached hydrogens (tertiary/aromatic N) is 5. The molecule has 2 aromatic heterocycles. The SMILES string of the molecule is CCC(C)CN(C(=O)NN(Cc1ccc(-c2ccccn2)cc1)CC(O)C(Cc1ccccc1)NC(=O)C(C(C)CC)C1CNC(=O)N1Cc1cccc(C)n1)C(=O)OC. The van der Waals surface area contributed by atoms with Crippen molar-refractivity contribution in [1.82, 2.24) is 40.8 Å². The second-order valence-electron chi connectivity index (χ2n) is 15.7. The molecule has 14 nitrogen and oxygen atoms in total. The van der Waals surface area contributed by atoms with Crippen molar-refractivity contribution in [2.24, 2.45) is 17.8 Å². The van der Waals surface area contributed by atoms with E-state index < -0.39 is 36.2 Å². The van der Waals surface area contributed by atoms with Gasteiger partial charge in [0.2, 0.25) is 5.91 Å². The third kappa shape index (κ3) is 12.3. The normalized spacial score (nSPS) is 16.3. The van der Waals surface area contributed by atoms with Gasteiger partial charge in [0.05, 0.1) is 49.1 Å². The van der Waals surface area contributed by atoms with Gasteiger partial charge >= 0.3 is 18.2 Å². The average molecular weight is 821 g/mol. The predicted octanol–water partition coefficient (Wildman–Crippen LogP) is 6.34. The molecule has 0 aliphatic carbocycles. The van der Waals surface area contributed by atoms with Crippen molar-refractivity contribution in [3.8, 4) is 11.3 Å². The Morgan fingerprint density at radius 1 is 0.933 bits per heavy atom. The third-order valence-corrected chi connectivity index (χ3v) is 11.2. The molecule has 5 rings (SSSR count). The van der Waals surface area contributed by atoms with Crippen LogP contribution in [0.15, 0.2) is 97.2 Å². The first-order valence-corrected chi connectivity index (χ1v) is 20.8. The number of hydrazine groups is 1. The van der Waals surface area contributed by atoms with Crippen molar-refractivity contribution >= 4 is 24.1 Å². The molecule has 0 bridgehead atoms. The number of aliphatic hydroxyl groups excluding tert-OH is 1. The van der Waals surface area contributed by atoms with Crippen molar-refractivity contribution in [2.45, 2.75) is 85.2 Å². The monoisotopic (exact) mass is 820 g/mol. The Morgan fingerprint density at radius 2 is 1.67 bits per heavy atom. The Balaban J connectivity index is 1.43. The number of carbonyl (C=O) groups excluding carboxylic acids is 4. The number of urea groups is 2. The number of imide groups is 1. The highest BCUT2D eigenvalue weighted by atomic mass is 16.5. The van der Waals surface area contributed by atoms with E-state index >= 15 is 0 Å². The van der Waals surface area contributed by atoms with Gasteiger partial charge in [-0.2, -0.15) is 0 Å². The molecule has 320 valence electrons. The summed E-state index contributed by atoms with van der Waals surface area (Å²) in [6.45, 7) is 10.5. The van der Waals surface area contributed by atoms with Crippen LogP contribution in [0.1, 0.15) is 63.1 Å². The Morgan fingerprint density at radius 3 is 2.32 bits per heavy atom. The molecule has 1 saturated heterocycles. The number of rotatable bonds is 19. The van der Waals surface area contributed by atoms with Gasteiger partial charge in [-0.25, -0.2) is 24.3 Å². The lowest BCUT2D eigenvalue weighted by atomic mass is 9.83. The van der Waals surface area contributed by atoms with Crippen molar-refractivity contribution in [1.29, 1.82) is 0 Å². The quantitative estimate of drug-likeness (QED) is 0.0790. The Bertz CT molecular complexity index is 2000. The van der Waals surface area contributed by atoms with Crippen LogP contribution in [0.5, 0.6) is 0 Å². The summed E-state index contributed by atoms with van der Waals surface area (Å²) < 4.78 is 4.98. The number of hydrogen-bond acceptors (Lipinski definition) is 9. The Labute approximate surface area is 353 Å². The molecular formula is C46H60N8O6. The molecule has 6 unspecified atom stereocenters. The van der Waals surface area contributed by atoms with Crippen molar-refractivity contribution in [2.75, 3.05) is 26.7 Å². The molecule has 60 heavy (non-hydrogen) atoms. The number of nitrogens with one attached hydrogen (secondary N) is 3. The third-order valence-electron chi connectivity index (χ3n) is 11.2. The van der Waals surface area contributed by atoms with Gasteiger partial charge in [-0.1, -0.05) is 107 Å². The van der Waals surface area contributed by atoms with Crippen molar-refractivity contribution in [3.63, 3.8) is 0 Å². The lowest BCUT2D eigenvalue weighted by Crippen LogP contribution is -2.57. The summed E-state index contributed by atoms with van der Waals surface area (Å²) in [5.41, 5.74) is 7.85. The van der Waals surface area contributed by atoms with E-state index in [-0.39, 0.29) is 62.9 Å². The number of ether oxygens (including phenoxy) is 1. The number of hydrogen-bond donors (Lipinski definition) is 4. The molecule has 0 saturated carbocycles. The zero-order chi connectivity index (χ0) is 43.2. The summed E-state index contributed by atoms with van der Waals surface area (Å²) in [5, 5.41) is 19.9. The van der Waals surface area contributed by atoms with E-state index in [9.17, 15) is 24.3 Å². The summed E-state index contributed by atoms with van der Waals surface area (Å²) in [5.74, 6) is -1.03. The van der Waals surface area contributed by atoms with E-state index in [1.165, 1.54) is 7.11 Å². The van der Waals surface area contributed by atoms with Gasteiger partial charge in [-0.3, -0.25) is 20.2 Å². The molecule has 1 aliphatic heterocycles. The average Bonchev–Trinajstić information content (AvgIpc) is 3.60. The highest BCUT2D eigenvalue weighted by Gasteiger charge is 2.43. The molecular weight excluding hydrogens is 761 g/mol. The maximum absolute atomic E-state index is 14.7. The fourth-order valence-electron chi connectivity index (χ4n) is 7.45. The number of methoxy groups -OCH3 is 1. The summed E-state index contributed by atoms with van der Waals surface area (Å²) in [6, 6.07) is 26.4. The molecule has 4 N–H and O–H groups in total. The van der Waals surface area contributed by atoms with Crippen LogP contribution in [0.2, 0.25) is 0 Å². The number of pyridine rings is 2. The number of amides is 6. The Hall–Kier alpha value is -5.86. The minimum atomic E-state index is -1.21. The standard InChI is InChI=1S/C46H60N8O6/c1-7-31(3)27-54(46(59)60-6)45(58)51-52(28-35-20-22-36(23-21-35)38-19-12-13-24-47-38)30-41(55)39(25-34-16-10-9-11-17-34)50-43(56)42(32(4)8-2)40-26-48-44(57)53(40)29-37-18-14-15-33(5)49-37/h9-24,31-32,39-42,55H,7-8,25-30H2,1-6H3,(H,48,57)(H,50,56)(H,51,58). The smallest absolute Gasteiger partial charge is 0.417 e. The molecule has 6 amide bonds. The van der Waals surface area contributed by atoms with Gasteiger partial charge < -0.3 is 25.4 Å². The number of carbonyl (C=O) groups is 4. The van der Waals surface area contributed by atoms with E-state index in [1.807, 2.05) is 126 Å². The van der Waals surface area contributed by atoms with Crippen LogP contribution in [0.4, 0.5) is 14.4 Å². The topological polar surface area (TPSA) is 169 Å². The van der Waals surface area contributed by atoms with E-state index in [0.717, 1.165) is 45.1 Å². The molecule has 1 aliphatic rings. The van der Waals surface area contributed by atoms with Gasteiger partial charge in [0.15, 0.2) is 0 Å². The second kappa shape index (κ2) is 21.9. The van der Waals surface area contributed by atoms with Gasteiger partial charge in [0.1, 0.15) is 0 Å². The summed E-state index contributed by atoms with van der Waals surface area (Å²) in [4.78, 5) is 66.4. The molecule has 3 heterocycles. The first kappa shape index (κ1) is 45.2.